The highest BCUT2D eigenvalue weighted by atomic mass is 35.5. The molecule has 2 aromatic carbocycles. The van der Waals surface area contributed by atoms with E-state index in [2.05, 4.69) is 10.6 Å². The van der Waals surface area contributed by atoms with Crippen LogP contribution in [0, 0.1) is 0 Å². The third-order valence-corrected chi connectivity index (χ3v) is 3.46. The van der Waals surface area contributed by atoms with Crippen molar-refractivity contribution >= 4 is 40.6 Å². The highest BCUT2D eigenvalue weighted by Crippen LogP contribution is 2.20. The number of thiocarbonyl (C=S) groups is 1. The number of carboxylic acids is 1. The van der Waals surface area contributed by atoms with E-state index in [0.29, 0.717) is 10.1 Å². The maximum Gasteiger partial charge on any atom is 0.305 e. The van der Waals surface area contributed by atoms with E-state index < -0.39 is 12.0 Å². The zero-order valence-electron chi connectivity index (χ0n) is 11.6. The van der Waals surface area contributed by atoms with E-state index in [0.717, 1.165) is 11.3 Å². The summed E-state index contributed by atoms with van der Waals surface area (Å²) in [6.45, 7) is 0. The molecule has 0 aliphatic rings. The summed E-state index contributed by atoms with van der Waals surface area (Å²) in [6.07, 6.45) is -0.0851. The second-order valence-electron chi connectivity index (χ2n) is 4.67. The maximum absolute atomic E-state index is 11.1. The summed E-state index contributed by atoms with van der Waals surface area (Å²) in [5, 5.41) is 16.1. The van der Waals surface area contributed by atoms with Gasteiger partial charge in [0.15, 0.2) is 5.11 Å². The van der Waals surface area contributed by atoms with E-state index in [1.807, 2.05) is 30.3 Å². The van der Waals surface area contributed by atoms with Crippen LogP contribution in [0.3, 0.4) is 0 Å². The van der Waals surface area contributed by atoms with Crippen molar-refractivity contribution in [1.29, 1.82) is 0 Å². The third-order valence-electron chi connectivity index (χ3n) is 2.99. The van der Waals surface area contributed by atoms with Gasteiger partial charge in [0.2, 0.25) is 0 Å². The Morgan fingerprint density at radius 3 is 2.36 bits per heavy atom. The van der Waals surface area contributed by atoms with Gasteiger partial charge in [0.1, 0.15) is 0 Å². The van der Waals surface area contributed by atoms with Crippen LogP contribution in [-0.4, -0.2) is 16.2 Å². The van der Waals surface area contributed by atoms with Crippen molar-refractivity contribution in [3.8, 4) is 0 Å². The van der Waals surface area contributed by atoms with Crippen molar-refractivity contribution in [3.05, 3.63) is 65.2 Å². The number of nitrogens with one attached hydrogen (secondary N) is 2. The molecule has 3 N–H and O–H groups in total. The fraction of sp³-hybridized carbons (Fsp3) is 0.125. The Balaban J connectivity index is 2.07. The zero-order chi connectivity index (χ0) is 15.9. The molecule has 0 fully saturated rings. The summed E-state index contributed by atoms with van der Waals surface area (Å²) in [6, 6.07) is 16.0. The number of benzene rings is 2. The molecule has 2 rings (SSSR count). The summed E-state index contributed by atoms with van der Waals surface area (Å²) in [4.78, 5) is 11.1. The molecule has 0 aliphatic carbocycles. The smallest absolute Gasteiger partial charge is 0.305 e. The van der Waals surface area contributed by atoms with Gasteiger partial charge < -0.3 is 15.7 Å². The lowest BCUT2D eigenvalue weighted by Gasteiger charge is -2.20. The van der Waals surface area contributed by atoms with Crippen LogP contribution in [0.2, 0.25) is 5.02 Å². The molecule has 2 aromatic rings. The maximum atomic E-state index is 11.1. The summed E-state index contributed by atoms with van der Waals surface area (Å²) in [7, 11) is 0. The van der Waals surface area contributed by atoms with Gasteiger partial charge in [-0.1, -0.05) is 41.9 Å². The van der Waals surface area contributed by atoms with Crippen LogP contribution in [0.15, 0.2) is 54.6 Å². The van der Waals surface area contributed by atoms with Gasteiger partial charge in [-0.25, -0.2) is 0 Å². The number of para-hydroxylation sites is 1. The lowest BCUT2D eigenvalue weighted by molar-refractivity contribution is -0.137. The van der Waals surface area contributed by atoms with Crippen molar-refractivity contribution in [1.82, 2.24) is 5.32 Å². The Kier molecular flexibility index (Phi) is 5.75. The fourth-order valence-corrected chi connectivity index (χ4v) is 2.35. The number of hydrogen-bond donors (Lipinski definition) is 3. The molecule has 0 saturated heterocycles. The Morgan fingerprint density at radius 2 is 1.77 bits per heavy atom. The molecule has 6 heteroatoms. The summed E-state index contributed by atoms with van der Waals surface area (Å²) in [5.41, 5.74) is 1.65. The molecule has 0 unspecified atom stereocenters. The minimum absolute atomic E-state index is 0.0851. The molecular formula is C16H15ClN2O2S. The summed E-state index contributed by atoms with van der Waals surface area (Å²) >= 11 is 11.1. The molecule has 1 atom stereocenters. The molecule has 0 spiro atoms. The molecule has 4 nitrogen and oxygen atoms in total. The molecule has 22 heavy (non-hydrogen) atoms. The van der Waals surface area contributed by atoms with Gasteiger partial charge in [-0.2, -0.15) is 0 Å². The molecule has 0 amide bonds. The minimum atomic E-state index is -0.907. The topological polar surface area (TPSA) is 61.4 Å². The Labute approximate surface area is 139 Å². The van der Waals surface area contributed by atoms with E-state index in [-0.39, 0.29) is 6.42 Å². The summed E-state index contributed by atoms with van der Waals surface area (Å²) < 4.78 is 0. The first kappa shape index (κ1) is 16.3. The number of hydrogen-bond acceptors (Lipinski definition) is 2. The van der Waals surface area contributed by atoms with E-state index in [4.69, 9.17) is 28.9 Å². The SMILES string of the molecule is O=C(O)C[C@H](NC(=S)Nc1ccccc1)c1ccc(Cl)cc1. The van der Waals surface area contributed by atoms with Crippen LogP contribution in [0.1, 0.15) is 18.0 Å². The lowest BCUT2D eigenvalue weighted by Crippen LogP contribution is -2.33. The van der Waals surface area contributed by atoms with E-state index in [9.17, 15) is 4.79 Å². The molecule has 114 valence electrons. The van der Waals surface area contributed by atoms with Crippen molar-refractivity contribution in [3.63, 3.8) is 0 Å². The number of anilines is 1. The summed E-state index contributed by atoms with van der Waals surface area (Å²) in [5.74, 6) is -0.907. The van der Waals surface area contributed by atoms with Gasteiger partial charge in [0.05, 0.1) is 12.5 Å². The Hall–Kier alpha value is -2.11. The predicted octanol–water partition coefficient (Wildman–Crippen LogP) is 3.84. The number of halogens is 1. The fourth-order valence-electron chi connectivity index (χ4n) is 1.97. The Bertz CT molecular complexity index is 647. The van der Waals surface area contributed by atoms with Gasteiger partial charge in [0, 0.05) is 10.7 Å². The van der Waals surface area contributed by atoms with Crippen molar-refractivity contribution in [2.75, 3.05) is 5.32 Å². The average Bonchev–Trinajstić information content (AvgIpc) is 2.48. The third kappa shape index (κ3) is 5.02. The van der Waals surface area contributed by atoms with Crippen LogP contribution in [0.5, 0.6) is 0 Å². The van der Waals surface area contributed by atoms with Crippen LogP contribution in [0.25, 0.3) is 0 Å². The largest absolute Gasteiger partial charge is 0.481 e. The molecule has 0 heterocycles. The van der Waals surface area contributed by atoms with Crippen LogP contribution in [-0.2, 0) is 4.79 Å². The number of aliphatic carboxylic acids is 1. The first-order valence-electron chi connectivity index (χ1n) is 6.64. The second kappa shape index (κ2) is 7.77. The highest BCUT2D eigenvalue weighted by molar-refractivity contribution is 7.80. The zero-order valence-corrected chi connectivity index (χ0v) is 13.2. The molecule has 0 saturated carbocycles. The van der Waals surface area contributed by atoms with E-state index in [1.165, 1.54) is 0 Å². The van der Waals surface area contributed by atoms with Crippen LogP contribution >= 0.6 is 23.8 Å². The molecular weight excluding hydrogens is 320 g/mol. The number of carboxylic acid groups (broad SMARTS) is 1. The van der Waals surface area contributed by atoms with Gasteiger partial charge in [0.25, 0.3) is 0 Å². The standard InChI is InChI=1S/C16H15ClN2O2S/c17-12-8-6-11(7-9-12)14(10-15(20)21)19-16(22)18-13-4-2-1-3-5-13/h1-9,14H,10H2,(H,20,21)(H2,18,19,22)/t14-/m0/s1. The van der Waals surface area contributed by atoms with Gasteiger partial charge in [-0.15, -0.1) is 0 Å². The first-order chi connectivity index (χ1) is 10.5. The molecule has 0 aromatic heterocycles. The number of carbonyl (C=O) groups is 1. The monoisotopic (exact) mass is 334 g/mol. The van der Waals surface area contributed by atoms with Gasteiger partial charge >= 0.3 is 5.97 Å². The highest BCUT2D eigenvalue weighted by Gasteiger charge is 2.16. The quantitative estimate of drug-likeness (QED) is 0.725. The molecule has 0 radical (unpaired) electrons. The normalized spacial score (nSPS) is 11.5. The molecule has 0 aliphatic heterocycles. The first-order valence-corrected chi connectivity index (χ1v) is 7.43. The Morgan fingerprint density at radius 1 is 1.14 bits per heavy atom. The average molecular weight is 335 g/mol. The van der Waals surface area contributed by atoms with Crippen molar-refractivity contribution < 1.29 is 9.90 Å². The predicted molar refractivity (Wildman–Crippen MR) is 92.2 cm³/mol. The van der Waals surface area contributed by atoms with E-state index in [1.54, 1.807) is 24.3 Å². The van der Waals surface area contributed by atoms with E-state index >= 15 is 0 Å². The lowest BCUT2D eigenvalue weighted by atomic mass is 10.0. The minimum Gasteiger partial charge on any atom is -0.481 e. The van der Waals surface area contributed by atoms with Gasteiger partial charge in [-0.05, 0) is 42.0 Å². The van der Waals surface area contributed by atoms with Crippen molar-refractivity contribution in [2.24, 2.45) is 0 Å². The van der Waals surface area contributed by atoms with Crippen LogP contribution < -0.4 is 10.6 Å². The number of rotatable bonds is 5. The van der Waals surface area contributed by atoms with Crippen molar-refractivity contribution in [2.45, 2.75) is 12.5 Å². The second-order valence-corrected chi connectivity index (χ2v) is 5.51. The molecule has 0 bridgehead atoms. The van der Waals surface area contributed by atoms with Crippen LogP contribution in [0.4, 0.5) is 5.69 Å². The van der Waals surface area contributed by atoms with Gasteiger partial charge in [-0.3, -0.25) is 4.79 Å².